The zero-order valence-corrected chi connectivity index (χ0v) is 17.3. The smallest absolute Gasteiger partial charge is 0.126 e. The second kappa shape index (κ2) is 9.87. The van der Waals surface area contributed by atoms with Gasteiger partial charge < -0.3 is 15.4 Å². The quantitative estimate of drug-likeness (QED) is 0.530. The van der Waals surface area contributed by atoms with Crippen molar-refractivity contribution >= 4 is 23.2 Å². The molecule has 0 spiro atoms. The van der Waals surface area contributed by atoms with Gasteiger partial charge in [-0.05, 0) is 54.7 Å². The highest BCUT2D eigenvalue weighted by Crippen LogP contribution is 2.29. The predicted octanol–water partition coefficient (Wildman–Crippen LogP) is 5.39. The van der Waals surface area contributed by atoms with Gasteiger partial charge in [0.1, 0.15) is 17.5 Å². The Morgan fingerprint density at radius 1 is 1.03 bits per heavy atom. The van der Waals surface area contributed by atoms with Crippen LogP contribution in [0, 0.1) is 11.7 Å². The highest BCUT2D eigenvalue weighted by Gasteiger charge is 2.14. The third-order valence-corrected chi connectivity index (χ3v) is 5.46. The first-order valence-electron chi connectivity index (χ1n) is 10.1. The molecule has 0 radical (unpaired) electrons. The molecule has 2 aromatic heterocycles. The summed E-state index contributed by atoms with van der Waals surface area (Å²) in [5, 5.41) is 7.19. The zero-order valence-electron chi connectivity index (χ0n) is 16.6. The molecular weight excluding hydrogens is 403 g/mol. The van der Waals surface area contributed by atoms with Crippen molar-refractivity contribution in [1.82, 2.24) is 9.97 Å². The molecule has 2 N–H and O–H groups in total. The minimum atomic E-state index is -0.250. The lowest BCUT2D eigenvalue weighted by Gasteiger charge is -2.22. The van der Waals surface area contributed by atoms with Gasteiger partial charge in [0.15, 0.2) is 0 Å². The van der Waals surface area contributed by atoms with E-state index in [9.17, 15) is 4.39 Å². The summed E-state index contributed by atoms with van der Waals surface area (Å²) < 4.78 is 18.8. The second-order valence-corrected chi connectivity index (χ2v) is 7.78. The Kier molecular flexibility index (Phi) is 6.77. The summed E-state index contributed by atoms with van der Waals surface area (Å²) in [6, 6.07) is 14.1. The van der Waals surface area contributed by atoms with Crippen molar-refractivity contribution in [3.05, 3.63) is 71.1 Å². The number of rotatable bonds is 7. The molecule has 4 rings (SSSR count). The lowest BCUT2D eigenvalue weighted by Crippen LogP contribution is -2.22. The number of hydrogen-bond acceptors (Lipinski definition) is 5. The van der Waals surface area contributed by atoms with E-state index in [0.29, 0.717) is 23.3 Å². The summed E-state index contributed by atoms with van der Waals surface area (Å²) in [5.41, 5.74) is 2.42. The monoisotopic (exact) mass is 426 g/mol. The van der Waals surface area contributed by atoms with Crippen LogP contribution in [0.5, 0.6) is 0 Å². The Morgan fingerprint density at radius 3 is 2.70 bits per heavy atom. The van der Waals surface area contributed by atoms with Crippen LogP contribution in [0.3, 0.4) is 0 Å². The van der Waals surface area contributed by atoms with Crippen molar-refractivity contribution in [2.24, 2.45) is 5.92 Å². The zero-order chi connectivity index (χ0) is 20.8. The van der Waals surface area contributed by atoms with E-state index in [-0.39, 0.29) is 5.82 Å². The van der Waals surface area contributed by atoms with Crippen LogP contribution in [0.4, 0.5) is 16.0 Å². The maximum atomic E-state index is 13.4. The Labute approximate surface area is 180 Å². The topological polar surface area (TPSA) is 59.1 Å². The number of hydrogen-bond donors (Lipinski definition) is 2. The first-order valence-corrected chi connectivity index (χ1v) is 10.5. The number of benzene rings is 1. The van der Waals surface area contributed by atoms with Crippen LogP contribution < -0.4 is 10.6 Å². The van der Waals surface area contributed by atoms with Gasteiger partial charge in [-0.1, -0.05) is 29.8 Å². The van der Waals surface area contributed by atoms with Gasteiger partial charge >= 0.3 is 0 Å². The van der Waals surface area contributed by atoms with E-state index in [1.807, 2.05) is 30.3 Å². The standard InChI is InChI=1S/C23H24ClFN4O/c24-20-15-28-23(27-13-16-7-9-30-10-8-16)12-19(20)21-5-2-6-22(29-21)26-14-17-3-1-4-18(25)11-17/h1-6,11-12,15-16H,7-10,13-14H2,(H,26,29)(H,27,28). The Morgan fingerprint density at radius 2 is 1.87 bits per heavy atom. The number of anilines is 2. The van der Waals surface area contributed by atoms with Crippen LogP contribution in [0.1, 0.15) is 18.4 Å². The number of nitrogens with zero attached hydrogens (tertiary/aromatic N) is 2. The first-order chi connectivity index (χ1) is 14.7. The maximum absolute atomic E-state index is 13.4. The van der Waals surface area contributed by atoms with Crippen LogP contribution in [-0.2, 0) is 11.3 Å². The molecule has 1 aromatic carbocycles. The molecule has 3 heterocycles. The molecule has 5 nitrogen and oxygen atoms in total. The van der Waals surface area contributed by atoms with Gasteiger partial charge in [-0.2, -0.15) is 0 Å². The van der Waals surface area contributed by atoms with Crippen LogP contribution >= 0.6 is 11.6 Å². The average molecular weight is 427 g/mol. The number of aromatic nitrogens is 2. The highest BCUT2D eigenvalue weighted by atomic mass is 35.5. The summed E-state index contributed by atoms with van der Waals surface area (Å²) in [6.45, 7) is 2.99. The molecule has 156 valence electrons. The number of nitrogens with one attached hydrogen (secondary N) is 2. The fourth-order valence-electron chi connectivity index (χ4n) is 3.45. The van der Waals surface area contributed by atoms with Crippen LogP contribution in [0.15, 0.2) is 54.7 Å². The largest absolute Gasteiger partial charge is 0.381 e. The molecular formula is C23H24ClFN4O. The van der Waals surface area contributed by atoms with Gasteiger partial charge in [-0.15, -0.1) is 0 Å². The molecule has 3 aromatic rings. The van der Waals surface area contributed by atoms with E-state index in [0.717, 1.165) is 55.2 Å². The third-order valence-electron chi connectivity index (χ3n) is 5.16. The van der Waals surface area contributed by atoms with Crippen molar-refractivity contribution in [2.45, 2.75) is 19.4 Å². The van der Waals surface area contributed by atoms with Gasteiger partial charge in [0, 0.05) is 38.1 Å². The minimum Gasteiger partial charge on any atom is -0.381 e. The molecule has 1 aliphatic rings. The summed E-state index contributed by atoms with van der Waals surface area (Å²) in [4.78, 5) is 9.07. The SMILES string of the molecule is Fc1cccc(CNc2cccc(-c3cc(NCC4CCOCC4)ncc3Cl)n2)c1. The predicted molar refractivity (Wildman–Crippen MR) is 118 cm³/mol. The summed E-state index contributed by atoms with van der Waals surface area (Å²) in [7, 11) is 0. The van der Waals surface area contributed by atoms with Gasteiger partial charge in [0.25, 0.3) is 0 Å². The Balaban J connectivity index is 1.45. The molecule has 1 saturated heterocycles. The van der Waals surface area contributed by atoms with Gasteiger partial charge in [-0.3, -0.25) is 0 Å². The molecule has 30 heavy (non-hydrogen) atoms. The van der Waals surface area contributed by atoms with Crippen molar-refractivity contribution in [2.75, 3.05) is 30.4 Å². The van der Waals surface area contributed by atoms with E-state index in [1.165, 1.54) is 12.1 Å². The average Bonchev–Trinajstić information content (AvgIpc) is 2.78. The molecule has 1 fully saturated rings. The lowest BCUT2D eigenvalue weighted by atomic mass is 10.0. The third kappa shape index (κ3) is 5.46. The van der Waals surface area contributed by atoms with Crippen molar-refractivity contribution in [1.29, 1.82) is 0 Å². The molecule has 7 heteroatoms. The normalized spacial score (nSPS) is 14.5. The van der Waals surface area contributed by atoms with Gasteiger partial charge in [0.2, 0.25) is 0 Å². The number of pyridine rings is 2. The summed E-state index contributed by atoms with van der Waals surface area (Å²) >= 11 is 6.41. The molecule has 0 aliphatic carbocycles. The molecule has 0 saturated carbocycles. The van der Waals surface area contributed by atoms with Crippen molar-refractivity contribution in [3.63, 3.8) is 0 Å². The Hall–Kier alpha value is -2.70. The first kappa shape index (κ1) is 20.6. The number of halogens is 2. The molecule has 0 atom stereocenters. The van der Waals surface area contributed by atoms with E-state index in [4.69, 9.17) is 16.3 Å². The maximum Gasteiger partial charge on any atom is 0.126 e. The van der Waals surface area contributed by atoms with Gasteiger partial charge in [-0.25, -0.2) is 14.4 Å². The number of ether oxygens (including phenoxy) is 1. The molecule has 0 amide bonds. The van der Waals surface area contributed by atoms with E-state index < -0.39 is 0 Å². The lowest BCUT2D eigenvalue weighted by molar-refractivity contribution is 0.0699. The minimum absolute atomic E-state index is 0.250. The van der Waals surface area contributed by atoms with Crippen LogP contribution in [0.2, 0.25) is 5.02 Å². The molecule has 0 unspecified atom stereocenters. The fourth-order valence-corrected chi connectivity index (χ4v) is 3.65. The highest BCUT2D eigenvalue weighted by molar-refractivity contribution is 6.33. The van der Waals surface area contributed by atoms with Crippen molar-refractivity contribution in [3.8, 4) is 11.3 Å². The summed E-state index contributed by atoms with van der Waals surface area (Å²) in [6.07, 6.45) is 3.78. The molecule has 0 bridgehead atoms. The van der Waals surface area contributed by atoms with Crippen LogP contribution in [-0.4, -0.2) is 29.7 Å². The fraction of sp³-hybridized carbons (Fsp3) is 0.304. The van der Waals surface area contributed by atoms with E-state index >= 15 is 0 Å². The van der Waals surface area contributed by atoms with E-state index in [2.05, 4.69) is 20.6 Å². The Bertz CT molecular complexity index is 994. The van der Waals surface area contributed by atoms with Gasteiger partial charge in [0.05, 0.1) is 10.7 Å². The van der Waals surface area contributed by atoms with Crippen LogP contribution in [0.25, 0.3) is 11.3 Å². The van der Waals surface area contributed by atoms with Crippen molar-refractivity contribution < 1.29 is 9.13 Å². The summed E-state index contributed by atoms with van der Waals surface area (Å²) in [5.74, 6) is 1.82. The van der Waals surface area contributed by atoms with E-state index in [1.54, 1.807) is 12.3 Å². The molecule has 1 aliphatic heterocycles. The second-order valence-electron chi connectivity index (χ2n) is 7.38.